The predicted octanol–water partition coefficient (Wildman–Crippen LogP) is 1.73. The van der Waals surface area contributed by atoms with Gasteiger partial charge in [0.2, 0.25) is 20.0 Å². The van der Waals surface area contributed by atoms with Crippen LogP contribution >= 0.6 is 12.4 Å². The average molecular weight is 422 g/mol. The zero-order valence-corrected chi connectivity index (χ0v) is 17.6. The van der Waals surface area contributed by atoms with Crippen LogP contribution < -0.4 is 3.71 Å². The molecule has 1 heterocycles. The topological polar surface area (TPSA) is 90.6 Å². The highest BCUT2D eigenvalue weighted by Crippen LogP contribution is 2.34. The van der Waals surface area contributed by atoms with E-state index in [0.29, 0.717) is 9.75 Å². The van der Waals surface area contributed by atoms with Crippen LogP contribution in [0.5, 0.6) is 0 Å². The van der Waals surface area contributed by atoms with Gasteiger partial charge >= 0.3 is 0 Å². The molecule has 146 valence electrons. The van der Waals surface area contributed by atoms with E-state index in [-0.39, 0.29) is 18.1 Å². The minimum absolute atomic E-state index is 0. The molecule has 3 rings (SSSR count). The van der Waals surface area contributed by atoms with E-state index in [0.717, 1.165) is 53.9 Å². The number of H-pyrrole nitrogens is 1. The van der Waals surface area contributed by atoms with Gasteiger partial charge in [-0.25, -0.2) is 16.8 Å². The van der Waals surface area contributed by atoms with Crippen LogP contribution in [-0.4, -0.2) is 59.4 Å². The van der Waals surface area contributed by atoms with E-state index in [9.17, 15) is 16.8 Å². The lowest BCUT2D eigenvalue weighted by atomic mass is 9.91. The number of benzene rings is 1. The zero-order chi connectivity index (χ0) is 18.6. The first-order valence-electron chi connectivity index (χ1n) is 7.99. The Balaban J connectivity index is 0.00000243. The Labute approximate surface area is 160 Å². The van der Waals surface area contributed by atoms with Gasteiger partial charge in [0, 0.05) is 22.6 Å². The van der Waals surface area contributed by atoms with Gasteiger partial charge in [-0.05, 0) is 57.1 Å². The Hall–Kier alpha value is -1.29. The quantitative estimate of drug-likeness (QED) is 0.811. The molecule has 0 radical (unpaired) electrons. The van der Waals surface area contributed by atoms with E-state index in [1.807, 2.05) is 14.1 Å². The number of anilines is 1. The first-order chi connectivity index (χ1) is 11.5. The third-order valence-corrected chi connectivity index (χ3v) is 7.94. The van der Waals surface area contributed by atoms with E-state index in [1.54, 1.807) is 12.1 Å². The molecule has 0 saturated carbocycles. The van der Waals surface area contributed by atoms with Crippen molar-refractivity contribution < 1.29 is 16.8 Å². The molecule has 1 aliphatic rings. The van der Waals surface area contributed by atoms with Crippen LogP contribution in [-0.2, 0) is 32.9 Å². The monoisotopic (exact) mass is 421 g/mol. The standard InChI is InChI=1S/C16H23N3O4S2.ClH/c1-18(2)11-5-7-15-13(9-11)14-10-12(6-8-16(14)17-15)19(24(3,20)21)25(4,22)23;/h6,8,10-11,17H,5,7,9H2,1-4H3;1H. The maximum atomic E-state index is 12.0. The second-order valence-corrected chi connectivity index (χ2v) is 10.8. The summed E-state index contributed by atoms with van der Waals surface area (Å²) in [6.45, 7) is 0. The van der Waals surface area contributed by atoms with Gasteiger partial charge in [-0.1, -0.05) is 0 Å². The van der Waals surface area contributed by atoms with Gasteiger partial charge in [0.25, 0.3) is 0 Å². The lowest BCUT2D eigenvalue weighted by molar-refractivity contribution is 0.268. The van der Waals surface area contributed by atoms with Crippen LogP contribution in [0.25, 0.3) is 10.9 Å². The Bertz CT molecular complexity index is 997. The minimum Gasteiger partial charge on any atom is -0.358 e. The fourth-order valence-electron chi connectivity index (χ4n) is 3.57. The van der Waals surface area contributed by atoms with Gasteiger partial charge in [0.1, 0.15) is 0 Å². The van der Waals surface area contributed by atoms with Crippen molar-refractivity contribution >= 4 is 49.0 Å². The highest BCUT2D eigenvalue weighted by molar-refractivity contribution is 8.09. The Kier molecular flexibility index (Phi) is 5.68. The first kappa shape index (κ1) is 21.0. The van der Waals surface area contributed by atoms with Crippen molar-refractivity contribution in [2.75, 3.05) is 30.3 Å². The summed E-state index contributed by atoms with van der Waals surface area (Å²) < 4.78 is 48.6. The van der Waals surface area contributed by atoms with Crippen molar-refractivity contribution in [1.29, 1.82) is 0 Å². The molecule has 10 heteroatoms. The van der Waals surface area contributed by atoms with Crippen molar-refractivity contribution in [1.82, 2.24) is 9.88 Å². The summed E-state index contributed by atoms with van der Waals surface area (Å²) in [4.78, 5) is 5.57. The van der Waals surface area contributed by atoms with Gasteiger partial charge in [-0.15, -0.1) is 12.4 Å². The predicted molar refractivity (Wildman–Crippen MR) is 107 cm³/mol. The Morgan fingerprint density at radius 3 is 2.23 bits per heavy atom. The van der Waals surface area contributed by atoms with Gasteiger partial charge in [0.05, 0.1) is 18.2 Å². The smallest absolute Gasteiger partial charge is 0.245 e. The fourth-order valence-corrected chi connectivity index (χ4v) is 6.53. The number of hydrogen-bond donors (Lipinski definition) is 1. The van der Waals surface area contributed by atoms with Gasteiger partial charge in [0.15, 0.2) is 0 Å². The summed E-state index contributed by atoms with van der Waals surface area (Å²) >= 11 is 0. The molecule has 2 aromatic rings. The SMILES string of the molecule is CN(C)C1CCc2[nH]c3ccc(N(S(C)(=O)=O)S(C)(=O)=O)cc3c2C1.Cl. The molecule has 0 fully saturated rings. The second-order valence-electron chi connectivity index (χ2n) is 6.90. The average Bonchev–Trinajstić information content (AvgIpc) is 2.81. The third kappa shape index (κ3) is 3.85. The normalized spacial score (nSPS) is 17.8. The molecule has 1 aliphatic carbocycles. The molecule has 0 amide bonds. The number of sulfonamides is 2. The number of aryl methyl sites for hydroxylation is 1. The largest absolute Gasteiger partial charge is 0.358 e. The van der Waals surface area contributed by atoms with E-state index >= 15 is 0 Å². The van der Waals surface area contributed by atoms with E-state index in [4.69, 9.17) is 0 Å². The number of fused-ring (bicyclic) bond motifs is 3. The molecule has 0 saturated heterocycles. The summed E-state index contributed by atoms with van der Waals surface area (Å²) in [5.74, 6) is 0. The third-order valence-electron chi connectivity index (χ3n) is 4.69. The molecule has 1 aromatic heterocycles. The molecule has 26 heavy (non-hydrogen) atoms. The highest BCUT2D eigenvalue weighted by atomic mass is 35.5. The van der Waals surface area contributed by atoms with Gasteiger partial charge < -0.3 is 9.88 Å². The molecule has 1 aromatic carbocycles. The summed E-state index contributed by atoms with van der Waals surface area (Å²) in [5.41, 5.74) is 3.33. The number of aromatic nitrogens is 1. The van der Waals surface area contributed by atoms with Crippen molar-refractivity contribution in [3.63, 3.8) is 0 Å². The number of nitrogens with zero attached hydrogens (tertiary/aromatic N) is 2. The number of nitrogens with one attached hydrogen (secondary N) is 1. The molecule has 0 bridgehead atoms. The van der Waals surface area contributed by atoms with Crippen LogP contribution in [0.4, 0.5) is 5.69 Å². The van der Waals surface area contributed by atoms with Crippen LogP contribution in [0.3, 0.4) is 0 Å². The zero-order valence-electron chi connectivity index (χ0n) is 15.2. The molecule has 0 aliphatic heterocycles. The summed E-state index contributed by atoms with van der Waals surface area (Å²) in [6.07, 6.45) is 4.62. The van der Waals surface area contributed by atoms with Crippen LogP contribution in [0, 0.1) is 0 Å². The highest BCUT2D eigenvalue weighted by Gasteiger charge is 2.29. The Morgan fingerprint density at radius 2 is 1.69 bits per heavy atom. The van der Waals surface area contributed by atoms with E-state index in [2.05, 4.69) is 9.88 Å². The number of rotatable bonds is 4. The molecule has 7 nitrogen and oxygen atoms in total. The van der Waals surface area contributed by atoms with E-state index < -0.39 is 20.0 Å². The van der Waals surface area contributed by atoms with Gasteiger partial charge in [-0.2, -0.15) is 3.71 Å². The molecular formula is C16H24ClN3O4S2. The summed E-state index contributed by atoms with van der Waals surface area (Å²) in [7, 11) is -3.80. The molecule has 0 spiro atoms. The molecule has 1 atom stereocenters. The summed E-state index contributed by atoms with van der Waals surface area (Å²) in [6, 6.07) is 5.34. The summed E-state index contributed by atoms with van der Waals surface area (Å²) in [5, 5.41) is 0.886. The first-order valence-corrected chi connectivity index (χ1v) is 11.7. The van der Waals surface area contributed by atoms with Crippen molar-refractivity contribution in [2.45, 2.75) is 25.3 Å². The Morgan fingerprint density at radius 1 is 1.08 bits per heavy atom. The lowest BCUT2D eigenvalue weighted by Gasteiger charge is -2.28. The molecular weight excluding hydrogens is 398 g/mol. The number of hydrogen-bond acceptors (Lipinski definition) is 5. The van der Waals surface area contributed by atoms with Crippen LogP contribution in [0.15, 0.2) is 18.2 Å². The fraction of sp³-hybridized carbons (Fsp3) is 0.500. The van der Waals surface area contributed by atoms with Gasteiger partial charge in [-0.3, -0.25) is 0 Å². The van der Waals surface area contributed by atoms with Crippen molar-refractivity contribution in [3.8, 4) is 0 Å². The lowest BCUT2D eigenvalue weighted by Crippen LogP contribution is -2.35. The van der Waals surface area contributed by atoms with Crippen molar-refractivity contribution in [2.24, 2.45) is 0 Å². The van der Waals surface area contributed by atoms with Crippen LogP contribution in [0.1, 0.15) is 17.7 Å². The number of halogens is 1. The maximum absolute atomic E-state index is 12.0. The minimum atomic E-state index is -3.95. The van der Waals surface area contributed by atoms with Crippen LogP contribution in [0.2, 0.25) is 0 Å². The molecule has 1 N–H and O–H groups in total. The van der Waals surface area contributed by atoms with Crippen molar-refractivity contribution in [3.05, 3.63) is 29.5 Å². The van der Waals surface area contributed by atoms with E-state index in [1.165, 1.54) is 6.07 Å². The molecule has 1 unspecified atom stereocenters. The number of aromatic amines is 1. The number of likely N-dealkylation sites (N-methyl/N-ethyl adjacent to an activating group) is 1. The maximum Gasteiger partial charge on any atom is 0.245 e. The second kappa shape index (κ2) is 7.03.